The molecule has 0 saturated carbocycles. The van der Waals surface area contributed by atoms with Gasteiger partial charge in [-0.2, -0.15) is 0 Å². The quantitative estimate of drug-likeness (QED) is 0.0211. The average molecular weight is 1150 g/mol. The molecule has 9 nitrogen and oxygen atoms in total. The summed E-state index contributed by atoms with van der Waals surface area (Å²) in [7, 11) is 1.45. The van der Waals surface area contributed by atoms with Crippen molar-refractivity contribution in [2.45, 2.75) is 245 Å². The van der Waals surface area contributed by atoms with Crippen molar-refractivity contribution in [3.05, 3.63) is 146 Å². The number of ether oxygens (including phenoxy) is 2. The molecule has 2 unspecified atom stereocenters. The molecule has 0 radical (unpaired) electrons. The van der Waals surface area contributed by atoms with Gasteiger partial charge in [-0.05, 0) is 103 Å². The third kappa shape index (κ3) is 64.9. The van der Waals surface area contributed by atoms with Crippen LogP contribution in [-0.4, -0.2) is 74.9 Å². The first-order valence-corrected chi connectivity index (χ1v) is 33.6. The number of nitrogens with zero attached hydrogens (tertiary/aromatic N) is 1. The number of phosphoric acid groups is 1. The smallest absolute Gasteiger partial charge is 0.462 e. The fourth-order valence-electron chi connectivity index (χ4n) is 8.23. The lowest BCUT2D eigenvalue weighted by Crippen LogP contribution is -2.37. The van der Waals surface area contributed by atoms with E-state index in [-0.39, 0.29) is 32.0 Å². The molecule has 0 aromatic heterocycles. The highest BCUT2D eigenvalue weighted by atomic mass is 31.2. The zero-order chi connectivity index (χ0) is 59.1. The van der Waals surface area contributed by atoms with Crippen molar-refractivity contribution in [1.29, 1.82) is 0 Å². The maximum atomic E-state index is 12.8. The van der Waals surface area contributed by atoms with E-state index < -0.39 is 26.5 Å². The van der Waals surface area contributed by atoms with Gasteiger partial charge in [0.15, 0.2) is 6.10 Å². The van der Waals surface area contributed by atoms with Gasteiger partial charge in [-0.25, -0.2) is 4.57 Å². The number of carbonyl (C=O) groups excluding carboxylic acids is 2. The number of hydrogen-bond donors (Lipinski definition) is 1. The molecule has 2 atom stereocenters. The normalized spacial score (nSPS) is 14.2. The lowest BCUT2D eigenvalue weighted by Gasteiger charge is -2.24. The van der Waals surface area contributed by atoms with Crippen LogP contribution in [0.15, 0.2) is 146 Å². The van der Waals surface area contributed by atoms with Crippen LogP contribution in [0.25, 0.3) is 0 Å². The topological polar surface area (TPSA) is 108 Å². The molecule has 0 saturated heterocycles. The number of rotatable bonds is 57. The first kappa shape index (κ1) is 76.9. The van der Waals surface area contributed by atoms with Crippen LogP contribution < -0.4 is 0 Å². The summed E-state index contributed by atoms with van der Waals surface area (Å²) in [5, 5.41) is 0. The Kier molecular flexibility index (Phi) is 57.4. The zero-order valence-corrected chi connectivity index (χ0v) is 53.1. The Labute approximate surface area is 497 Å². The Balaban J connectivity index is 4.18. The van der Waals surface area contributed by atoms with Gasteiger partial charge in [0, 0.05) is 12.8 Å². The highest BCUT2D eigenvalue weighted by Crippen LogP contribution is 2.43. The summed E-state index contributed by atoms with van der Waals surface area (Å²) in [6, 6.07) is 0. The lowest BCUT2D eigenvalue weighted by atomic mass is 10.0. The van der Waals surface area contributed by atoms with Crippen LogP contribution in [0.3, 0.4) is 0 Å². The molecule has 0 spiro atoms. The van der Waals surface area contributed by atoms with E-state index in [2.05, 4.69) is 160 Å². The molecular weight excluding hydrogens is 1030 g/mol. The van der Waals surface area contributed by atoms with E-state index in [1.54, 1.807) is 0 Å². The predicted octanol–water partition coefficient (Wildman–Crippen LogP) is 20.6. The number of likely N-dealkylation sites (N-methyl/N-ethyl adjacent to an activating group) is 1. The summed E-state index contributed by atoms with van der Waals surface area (Å²) in [6.45, 7) is 4.28. The van der Waals surface area contributed by atoms with Crippen molar-refractivity contribution in [2.75, 3.05) is 47.5 Å². The zero-order valence-electron chi connectivity index (χ0n) is 52.2. The molecule has 0 aromatic rings. The number of allylic oxidation sites excluding steroid dienone is 24. The predicted molar refractivity (Wildman–Crippen MR) is 348 cm³/mol. The Bertz CT molecular complexity index is 1880. The minimum atomic E-state index is -4.40. The van der Waals surface area contributed by atoms with E-state index in [4.69, 9.17) is 18.5 Å². The summed E-state index contributed by atoms with van der Waals surface area (Å²) in [6.07, 6.45) is 89.3. The molecule has 0 aliphatic rings. The van der Waals surface area contributed by atoms with Gasteiger partial charge in [0.25, 0.3) is 0 Å². The molecule has 10 heteroatoms. The maximum Gasteiger partial charge on any atom is 0.472 e. The van der Waals surface area contributed by atoms with E-state index in [9.17, 15) is 19.0 Å². The molecule has 0 amide bonds. The minimum absolute atomic E-state index is 0.0204. The van der Waals surface area contributed by atoms with E-state index in [1.807, 2.05) is 21.1 Å². The van der Waals surface area contributed by atoms with Crippen LogP contribution in [-0.2, 0) is 32.7 Å². The molecule has 0 rings (SSSR count). The lowest BCUT2D eigenvalue weighted by molar-refractivity contribution is -0.870. The molecule has 460 valence electrons. The first-order chi connectivity index (χ1) is 39.5. The van der Waals surface area contributed by atoms with Gasteiger partial charge in [0.05, 0.1) is 27.7 Å². The van der Waals surface area contributed by atoms with Gasteiger partial charge in [-0.3, -0.25) is 18.6 Å². The van der Waals surface area contributed by atoms with E-state index in [0.29, 0.717) is 17.4 Å². The molecule has 0 bridgehead atoms. The Morgan fingerprint density at radius 3 is 1.05 bits per heavy atom. The van der Waals surface area contributed by atoms with E-state index in [0.717, 1.165) is 122 Å². The average Bonchev–Trinajstić information content (AvgIpc) is 3.43. The Morgan fingerprint density at radius 1 is 0.395 bits per heavy atom. The number of unbranched alkanes of at least 4 members (excludes halogenated alkanes) is 19. The van der Waals surface area contributed by atoms with Gasteiger partial charge in [0.2, 0.25) is 0 Å². The molecule has 0 aliphatic heterocycles. The van der Waals surface area contributed by atoms with Crippen molar-refractivity contribution in [2.24, 2.45) is 0 Å². The summed E-state index contributed by atoms with van der Waals surface area (Å²) < 4.78 is 34.5. The molecular formula is C71H119NO8P+. The van der Waals surface area contributed by atoms with Crippen molar-refractivity contribution in [3.63, 3.8) is 0 Å². The molecule has 1 N–H and O–H groups in total. The van der Waals surface area contributed by atoms with E-state index in [1.165, 1.54) is 83.5 Å². The summed E-state index contributed by atoms with van der Waals surface area (Å²) >= 11 is 0. The second-order valence-corrected chi connectivity index (χ2v) is 23.5. The monoisotopic (exact) mass is 1140 g/mol. The highest BCUT2D eigenvalue weighted by Gasteiger charge is 2.27. The van der Waals surface area contributed by atoms with Crippen LogP contribution in [0, 0.1) is 0 Å². The fourth-order valence-corrected chi connectivity index (χ4v) is 8.97. The SMILES string of the molecule is CC/C=C\C/C=C\C/C=C\C/C=C\C/C=C\C/C=C\C/C=C\C/C=C\C/C=C\C/C=C\C/C=C\C/C=C\CCCCCCC(=O)OC(COC(=O)CCCCCCCCCCCCCCCCCC)COP(=O)(O)OCC[N+](C)(C)C. The van der Waals surface area contributed by atoms with Crippen LogP contribution >= 0.6 is 7.82 Å². The number of esters is 2. The first-order valence-electron chi connectivity index (χ1n) is 32.1. The standard InChI is InChI=1S/C71H118NO8P/c1-6-8-10-12-14-16-18-20-22-24-25-26-27-28-29-30-31-32-33-34-35-36-37-38-39-40-41-42-43-44-45-46-47-48-50-52-54-56-58-60-62-64-71(74)80-69(68-79-81(75,76)78-66-65-72(3,4)5)67-77-70(73)63-61-59-57-55-53-51-49-23-21-19-17-15-13-11-9-7-2/h8,10,14,16,20,22,25-26,28-29,31-32,34-35,37-38,40-41,43-44,46-47,50,52,69H,6-7,9,11-13,15,17-19,21,23-24,27,30,33,36,39,42,45,48-49,51,53-68H2,1-5H3/p+1/b10-8-,16-14-,22-20-,26-25-,29-28-,32-31-,35-34-,38-37-,41-40-,44-43-,47-46-,52-50-. The number of hydrogen-bond acceptors (Lipinski definition) is 7. The summed E-state index contributed by atoms with van der Waals surface area (Å²) in [5.41, 5.74) is 0. The minimum Gasteiger partial charge on any atom is -0.462 e. The fraction of sp³-hybridized carbons (Fsp3) is 0.634. The third-order valence-electron chi connectivity index (χ3n) is 13.1. The van der Waals surface area contributed by atoms with Gasteiger partial charge in [0.1, 0.15) is 19.8 Å². The van der Waals surface area contributed by atoms with Crippen molar-refractivity contribution in [3.8, 4) is 0 Å². The van der Waals surface area contributed by atoms with Gasteiger partial charge >= 0.3 is 19.8 Å². The molecule has 0 aliphatic carbocycles. The van der Waals surface area contributed by atoms with E-state index >= 15 is 0 Å². The van der Waals surface area contributed by atoms with Crippen LogP contribution in [0.4, 0.5) is 0 Å². The second kappa shape index (κ2) is 60.5. The largest absolute Gasteiger partial charge is 0.472 e. The van der Waals surface area contributed by atoms with Crippen LogP contribution in [0.5, 0.6) is 0 Å². The third-order valence-corrected chi connectivity index (χ3v) is 14.1. The Hall–Kier alpha value is -4.11. The second-order valence-electron chi connectivity index (χ2n) is 22.1. The summed E-state index contributed by atoms with van der Waals surface area (Å²) in [4.78, 5) is 35.7. The number of quaternary nitrogens is 1. The highest BCUT2D eigenvalue weighted by molar-refractivity contribution is 7.47. The van der Waals surface area contributed by atoms with Crippen LogP contribution in [0.1, 0.15) is 239 Å². The molecule has 0 heterocycles. The van der Waals surface area contributed by atoms with Gasteiger partial charge in [-0.15, -0.1) is 0 Å². The van der Waals surface area contributed by atoms with Gasteiger partial charge < -0.3 is 18.9 Å². The molecule has 0 fully saturated rings. The van der Waals surface area contributed by atoms with Gasteiger partial charge in [-0.1, -0.05) is 269 Å². The number of phosphoric ester groups is 1. The summed E-state index contributed by atoms with van der Waals surface area (Å²) in [5.74, 6) is -0.831. The maximum absolute atomic E-state index is 12.8. The van der Waals surface area contributed by atoms with Crippen molar-refractivity contribution in [1.82, 2.24) is 0 Å². The number of carbonyl (C=O) groups is 2. The van der Waals surface area contributed by atoms with Crippen molar-refractivity contribution < 1.29 is 42.1 Å². The van der Waals surface area contributed by atoms with Crippen LogP contribution in [0.2, 0.25) is 0 Å². The molecule has 81 heavy (non-hydrogen) atoms. The van der Waals surface area contributed by atoms with Crippen molar-refractivity contribution >= 4 is 19.8 Å². The Morgan fingerprint density at radius 2 is 0.704 bits per heavy atom. The molecule has 0 aromatic carbocycles.